The van der Waals surface area contributed by atoms with Crippen molar-refractivity contribution in [1.29, 1.82) is 0 Å². The van der Waals surface area contributed by atoms with Crippen molar-refractivity contribution in [1.82, 2.24) is 15.2 Å². The second-order valence-electron chi connectivity index (χ2n) is 11.4. The molecule has 0 radical (unpaired) electrons. The Bertz CT molecular complexity index is 980. The van der Waals surface area contributed by atoms with E-state index in [0.29, 0.717) is 36.1 Å². The molecule has 178 valence electrons. The van der Waals surface area contributed by atoms with E-state index in [0.717, 1.165) is 25.7 Å². The molecule has 2 amide bonds. The molecule has 3 saturated carbocycles. The largest absolute Gasteiger partial charge is 0.350 e. The summed E-state index contributed by atoms with van der Waals surface area (Å²) in [5.41, 5.74) is 0.517. The highest BCUT2D eigenvalue weighted by atomic mass is 19.1. The van der Waals surface area contributed by atoms with E-state index in [2.05, 4.69) is 30.2 Å². The zero-order valence-corrected chi connectivity index (χ0v) is 20.0. The van der Waals surface area contributed by atoms with Gasteiger partial charge in [-0.3, -0.25) is 14.6 Å². The van der Waals surface area contributed by atoms with Gasteiger partial charge in [-0.2, -0.15) is 0 Å². The average molecular weight is 454 g/mol. The first-order valence-corrected chi connectivity index (χ1v) is 12.6. The first-order chi connectivity index (χ1) is 15.7. The lowest BCUT2D eigenvalue weighted by Gasteiger charge is -2.60. The molecular formula is C27H36FN3O2. The van der Waals surface area contributed by atoms with Gasteiger partial charge < -0.3 is 10.2 Å². The number of pyridine rings is 1. The number of carbonyl (C=O) groups is 2. The molecular weight excluding hydrogens is 417 g/mol. The minimum Gasteiger partial charge on any atom is -0.350 e. The van der Waals surface area contributed by atoms with Crippen LogP contribution in [0, 0.1) is 40.3 Å². The number of likely N-dealkylation sites (N-methyl/N-ethyl adjacent to an activating group) is 1. The van der Waals surface area contributed by atoms with Crippen LogP contribution < -0.4 is 5.32 Å². The molecule has 4 aliphatic rings. The Hall–Kier alpha value is -2.24. The lowest BCUT2D eigenvalue weighted by atomic mass is 9.47. The zero-order chi connectivity index (χ0) is 23.4. The van der Waals surface area contributed by atoms with Gasteiger partial charge >= 0.3 is 0 Å². The van der Waals surface area contributed by atoms with Crippen LogP contribution in [0.1, 0.15) is 64.5 Å². The maximum atomic E-state index is 13.8. The molecule has 0 aromatic carbocycles. The van der Waals surface area contributed by atoms with Gasteiger partial charge in [0.2, 0.25) is 11.8 Å². The van der Waals surface area contributed by atoms with Gasteiger partial charge in [-0.05, 0) is 85.8 Å². The van der Waals surface area contributed by atoms with E-state index in [1.807, 2.05) is 11.9 Å². The summed E-state index contributed by atoms with van der Waals surface area (Å²) in [6.07, 6.45) is 12.9. The highest BCUT2D eigenvalue weighted by Crippen LogP contribution is 2.65. The normalized spacial score (nSPS) is 39.6. The first kappa shape index (κ1) is 22.5. The molecule has 33 heavy (non-hydrogen) atoms. The highest BCUT2D eigenvalue weighted by molar-refractivity contribution is 5.89. The second-order valence-corrected chi connectivity index (χ2v) is 11.4. The summed E-state index contributed by atoms with van der Waals surface area (Å²) in [7, 11) is 1.96. The molecule has 3 aliphatic carbocycles. The molecule has 5 rings (SSSR count). The minimum absolute atomic E-state index is 0.0000672. The molecule has 1 aliphatic heterocycles. The topological polar surface area (TPSA) is 62.3 Å². The number of nitrogens with one attached hydrogen (secondary N) is 1. The van der Waals surface area contributed by atoms with Gasteiger partial charge in [0, 0.05) is 31.1 Å². The number of rotatable bonds is 4. The van der Waals surface area contributed by atoms with Gasteiger partial charge in [0.15, 0.2) is 0 Å². The van der Waals surface area contributed by atoms with Crippen molar-refractivity contribution in [3.8, 4) is 0 Å². The fourth-order valence-corrected chi connectivity index (χ4v) is 8.21. The van der Waals surface area contributed by atoms with Crippen LogP contribution >= 0.6 is 0 Å². The number of hydrogen-bond donors (Lipinski definition) is 1. The molecule has 0 spiro atoms. The fraction of sp³-hybridized carbons (Fsp3) is 0.667. The SMILES string of the molecule is CN1C(=O)C=C[C@]2(C)C3CC[C@@]4(C)C(CC[C@@H]4CC(=O)NCc4ncccc4F)C3CCC12. The Morgan fingerprint density at radius 2 is 2.03 bits per heavy atom. The van der Waals surface area contributed by atoms with Crippen molar-refractivity contribution in [3.63, 3.8) is 0 Å². The molecule has 0 bridgehead atoms. The van der Waals surface area contributed by atoms with Crippen molar-refractivity contribution in [2.24, 2.45) is 34.5 Å². The van der Waals surface area contributed by atoms with Gasteiger partial charge in [0.1, 0.15) is 5.82 Å². The Morgan fingerprint density at radius 1 is 1.21 bits per heavy atom. The minimum atomic E-state index is -0.378. The molecule has 6 heteroatoms. The monoisotopic (exact) mass is 453 g/mol. The molecule has 4 unspecified atom stereocenters. The number of fused-ring (bicyclic) bond motifs is 5. The Morgan fingerprint density at radius 3 is 2.82 bits per heavy atom. The van der Waals surface area contributed by atoms with Gasteiger partial charge in [0.25, 0.3) is 0 Å². The van der Waals surface area contributed by atoms with E-state index in [-0.39, 0.29) is 40.7 Å². The number of aromatic nitrogens is 1. The maximum absolute atomic E-state index is 13.8. The number of halogens is 1. The summed E-state index contributed by atoms with van der Waals surface area (Å²) in [6, 6.07) is 3.24. The molecule has 3 fully saturated rings. The maximum Gasteiger partial charge on any atom is 0.246 e. The summed E-state index contributed by atoms with van der Waals surface area (Å²) in [5.74, 6) is 2.02. The lowest BCUT2D eigenvalue weighted by molar-refractivity contribution is -0.139. The molecule has 0 saturated heterocycles. The standard InChI is InChI=1S/C27H36FN3O2/c1-26-12-10-20-18(7-9-23-27(20,2)13-11-25(33)31(23)3)19(26)8-6-17(26)15-24(32)30-16-22-21(28)5-4-14-29-22/h4-5,11,13-14,17-20,23H,6-10,12,15-16H2,1-3H3,(H,30,32)/t17-,18?,19?,20?,23?,26-,27-/m1/s1. The molecule has 1 N–H and O–H groups in total. The number of amides is 2. The molecule has 1 aromatic heterocycles. The Kier molecular flexibility index (Phi) is 5.61. The Labute approximate surface area is 196 Å². The third-order valence-corrected chi connectivity index (χ3v) is 10.0. The number of carbonyl (C=O) groups excluding carboxylic acids is 2. The van der Waals surface area contributed by atoms with Crippen LogP contribution in [0.2, 0.25) is 0 Å². The van der Waals surface area contributed by atoms with Crippen LogP contribution in [0.3, 0.4) is 0 Å². The molecule has 5 nitrogen and oxygen atoms in total. The second kappa shape index (κ2) is 8.21. The van der Waals surface area contributed by atoms with Crippen LogP contribution in [0.5, 0.6) is 0 Å². The zero-order valence-electron chi connectivity index (χ0n) is 20.0. The van der Waals surface area contributed by atoms with Crippen LogP contribution in [0.4, 0.5) is 4.39 Å². The molecule has 2 heterocycles. The summed E-state index contributed by atoms with van der Waals surface area (Å²) in [5, 5.41) is 2.90. The van der Waals surface area contributed by atoms with Crippen LogP contribution in [0.25, 0.3) is 0 Å². The number of hydrogen-bond acceptors (Lipinski definition) is 3. The van der Waals surface area contributed by atoms with Crippen molar-refractivity contribution < 1.29 is 14.0 Å². The van der Waals surface area contributed by atoms with Gasteiger partial charge in [-0.25, -0.2) is 4.39 Å². The van der Waals surface area contributed by atoms with E-state index in [4.69, 9.17) is 0 Å². The van der Waals surface area contributed by atoms with Crippen LogP contribution in [-0.2, 0) is 16.1 Å². The van der Waals surface area contributed by atoms with Crippen LogP contribution in [-0.4, -0.2) is 34.8 Å². The highest BCUT2D eigenvalue weighted by Gasteiger charge is 2.60. The van der Waals surface area contributed by atoms with Crippen molar-refractivity contribution in [2.75, 3.05) is 7.05 Å². The smallest absolute Gasteiger partial charge is 0.246 e. The van der Waals surface area contributed by atoms with Gasteiger partial charge in [-0.15, -0.1) is 0 Å². The van der Waals surface area contributed by atoms with Gasteiger partial charge in [-0.1, -0.05) is 19.9 Å². The Balaban J connectivity index is 1.27. The summed E-state index contributed by atoms with van der Waals surface area (Å²) >= 11 is 0. The molecule has 7 atom stereocenters. The quantitative estimate of drug-likeness (QED) is 0.731. The number of nitrogens with zero attached hydrogens (tertiary/aromatic N) is 2. The van der Waals surface area contributed by atoms with E-state index >= 15 is 0 Å². The lowest BCUT2D eigenvalue weighted by Crippen LogP contribution is -2.59. The predicted octanol–water partition coefficient (Wildman–Crippen LogP) is 4.48. The van der Waals surface area contributed by atoms with Crippen molar-refractivity contribution in [2.45, 2.75) is 71.4 Å². The van der Waals surface area contributed by atoms with Crippen molar-refractivity contribution >= 4 is 11.8 Å². The average Bonchev–Trinajstić information content (AvgIpc) is 3.12. The fourth-order valence-electron chi connectivity index (χ4n) is 8.21. The first-order valence-electron chi connectivity index (χ1n) is 12.6. The van der Waals surface area contributed by atoms with E-state index in [1.54, 1.807) is 18.3 Å². The van der Waals surface area contributed by atoms with Gasteiger partial charge in [0.05, 0.1) is 12.2 Å². The van der Waals surface area contributed by atoms with E-state index in [1.165, 1.54) is 18.9 Å². The van der Waals surface area contributed by atoms with E-state index < -0.39 is 0 Å². The third-order valence-electron chi connectivity index (χ3n) is 10.0. The van der Waals surface area contributed by atoms with Crippen LogP contribution in [0.15, 0.2) is 30.5 Å². The third kappa shape index (κ3) is 3.60. The summed E-state index contributed by atoms with van der Waals surface area (Å²) in [6.45, 7) is 4.92. The molecule has 1 aromatic rings. The summed E-state index contributed by atoms with van der Waals surface area (Å²) in [4.78, 5) is 31.1. The predicted molar refractivity (Wildman–Crippen MR) is 124 cm³/mol. The van der Waals surface area contributed by atoms with Crippen molar-refractivity contribution in [3.05, 3.63) is 42.0 Å². The van der Waals surface area contributed by atoms with E-state index in [9.17, 15) is 14.0 Å². The summed E-state index contributed by atoms with van der Waals surface area (Å²) < 4.78 is 13.8.